The molecule has 2 heterocycles. The van der Waals surface area contributed by atoms with Gasteiger partial charge in [-0.2, -0.15) is 4.31 Å². The van der Waals surface area contributed by atoms with Crippen LogP contribution in [0.15, 0.2) is 52.7 Å². The number of sulfonamides is 1. The van der Waals surface area contributed by atoms with E-state index < -0.39 is 14.9 Å². The number of non-ortho nitro benzene ring substituents is 1. The first kappa shape index (κ1) is 23.3. The second kappa shape index (κ2) is 9.56. The standard InChI is InChI=1S/C22H24N4O5S2/c1-15(17-3-5-18(6-4-17)21-14-32-16(2)24-21)23-20-8-7-19(26(27)28)13-22(20)33(29,30)25-9-11-31-12-10-25/h3-8,13-15,23H,9-12H2,1-2H3. The van der Waals surface area contributed by atoms with Gasteiger partial charge in [0.05, 0.1) is 34.5 Å². The SMILES string of the molecule is Cc1nc(-c2ccc(C(C)Nc3ccc([N+](=O)[O-])cc3S(=O)(=O)N3CCOCC3)cc2)cs1. The van der Waals surface area contributed by atoms with Crippen LogP contribution < -0.4 is 5.32 Å². The quantitative estimate of drug-likeness (QED) is 0.391. The number of hydrogen-bond donors (Lipinski definition) is 1. The average Bonchev–Trinajstić information content (AvgIpc) is 3.26. The van der Waals surface area contributed by atoms with Crippen LogP contribution in [0.3, 0.4) is 0 Å². The highest BCUT2D eigenvalue weighted by Gasteiger charge is 2.30. The van der Waals surface area contributed by atoms with E-state index in [1.54, 1.807) is 11.3 Å². The van der Waals surface area contributed by atoms with Crippen molar-refractivity contribution in [1.82, 2.24) is 9.29 Å². The smallest absolute Gasteiger partial charge is 0.270 e. The molecule has 0 amide bonds. The van der Waals surface area contributed by atoms with Gasteiger partial charge in [-0.25, -0.2) is 13.4 Å². The van der Waals surface area contributed by atoms with Crippen LogP contribution in [0.4, 0.5) is 11.4 Å². The molecule has 1 atom stereocenters. The highest BCUT2D eigenvalue weighted by atomic mass is 32.2. The van der Waals surface area contributed by atoms with Crippen LogP contribution >= 0.6 is 11.3 Å². The molecule has 1 aliphatic rings. The maximum absolute atomic E-state index is 13.3. The number of morpholine rings is 1. The first-order valence-corrected chi connectivity index (χ1v) is 12.7. The largest absolute Gasteiger partial charge is 0.379 e. The zero-order valence-electron chi connectivity index (χ0n) is 18.2. The lowest BCUT2D eigenvalue weighted by Gasteiger charge is -2.27. The predicted molar refractivity (Wildman–Crippen MR) is 127 cm³/mol. The number of hydrogen-bond acceptors (Lipinski definition) is 8. The molecule has 4 rings (SSSR count). The summed E-state index contributed by atoms with van der Waals surface area (Å²) in [5.41, 5.74) is 2.90. The Morgan fingerprint density at radius 2 is 1.88 bits per heavy atom. The molecule has 1 aliphatic heterocycles. The number of rotatable bonds is 7. The summed E-state index contributed by atoms with van der Waals surface area (Å²) in [4.78, 5) is 15.1. The van der Waals surface area contributed by atoms with E-state index in [1.165, 1.54) is 16.4 Å². The van der Waals surface area contributed by atoms with Gasteiger partial charge in [0.25, 0.3) is 5.69 Å². The Balaban J connectivity index is 1.62. The second-order valence-electron chi connectivity index (χ2n) is 7.69. The first-order valence-electron chi connectivity index (χ1n) is 10.4. The summed E-state index contributed by atoms with van der Waals surface area (Å²) in [6.45, 7) is 4.86. The molecular formula is C22H24N4O5S2. The van der Waals surface area contributed by atoms with E-state index in [2.05, 4.69) is 10.3 Å². The number of ether oxygens (including phenoxy) is 1. The molecule has 0 radical (unpaired) electrons. The van der Waals surface area contributed by atoms with Gasteiger partial charge in [0.1, 0.15) is 4.90 Å². The molecule has 1 N–H and O–H groups in total. The number of nitrogens with one attached hydrogen (secondary N) is 1. The zero-order valence-corrected chi connectivity index (χ0v) is 19.9. The molecule has 174 valence electrons. The summed E-state index contributed by atoms with van der Waals surface area (Å²) in [6, 6.07) is 11.5. The number of nitro benzene ring substituents is 1. The van der Waals surface area contributed by atoms with Crippen molar-refractivity contribution in [2.75, 3.05) is 31.6 Å². The number of benzene rings is 2. The van der Waals surface area contributed by atoms with Gasteiger partial charge in [0, 0.05) is 42.2 Å². The van der Waals surface area contributed by atoms with Crippen LogP contribution in [0, 0.1) is 17.0 Å². The molecule has 2 aromatic carbocycles. The van der Waals surface area contributed by atoms with E-state index in [-0.39, 0.29) is 42.9 Å². The van der Waals surface area contributed by atoms with Crippen LogP contribution in [0.25, 0.3) is 11.3 Å². The van der Waals surface area contributed by atoms with Gasteiger partial charge >= 0.3 is 0 Å². The topological polar surface area (TPSA) is 115 Å². The normalized spacial score (nSPS) is 15.8. The highest BCUT2D eigenvalue weighted by molar-refractivity contribution is 7.89. The van der Waals surface area contributed by atoms with E-state index in [9.17, 15) is 18.5 Å². The fourth-order valence-corrected chi connectivity index (χ4v) is 5.84. The van der Waals surface area contributed by atoms with E-state index in [1.807, 2.05) is 43.5 Å². The van der Waals surface area contributed by atoms with E-state index in [0.717, 1.165) is 27.9 Å². The molecule has 0 spiro atoms. The van der Waals surface area contributed by atoms with Gasteiger partial charge in [0.15, 0.2) is 0 Å². The molecule has 3 aromatic rings. The molecule has 0 bridgehead atoms. The van der Waals surface area contributed by atoms with Crippen LogP contribution in [-0.4, -0.2) is 48.9 Å². The molecule has 1 unspecified atom stereocenters. The van der Waals surface area contributed by atoms with Crippen molar-refractivity contribution in [3.8, 4) is 11.3 Å². The molecule has 0 saturated carbocycles. The van der Waals surface area contributed by atoms with E-state index in [4.69, 9.17) is 4.74 Å². The Labute approximate surface area is 196 Å². The molecule has 1 saturated heterocycles. The second-order valence-corrected chi connectivity index (χ2v) is 10.7. The minimum Gasteiger partial charge on any atom is -0.379 e. The summed E-state index contributed by atoms with van der Waals surface area (Å²) in [7, 11) is -3.94. The third-order valence-electron chi connectivity index (χ3n) is 5.46. The monoisotopic (exact) mass is 488 g/mol. The lowest BCUT2D eigenvalue weighted by atomic mass is 10.0. The number of nitro groups is 1. The maximum atomic E-state index is 13.3. The van der Waals surface area contributed by atoms with Crippen molar-refractivity contribution in [3.63, 3.8) is 0 Å². The predicted octanol–water partition coefficient (Wildman–Crippen LogP) is 4.22. The van der Waals surface area contributed by atoms with Gasteiger partial charge in [-0.05, 0) is 25.5 Å². The summed E-state index contributed by atoms with van der Waals surface area (Å²) in [5.74, 6) is 0. The van der Waals surface area contributed by atoms with Crippen molar-refractivity contribution in [3.05, 3.63) is 68.5 Å². The summed E-state index contributed by atoms with van der Waals surface area (Å²) >= 11 is 1.59. The molecule has 1 aromatic heterocycles. The van der Waals surface area contributed by atoms with Gasteiger partial charge in [-0.15, -0.1) is 11.3 Å². The van der Waals surface area contributed by atoms with Crippen LogP contribution in [0.5, 0.6) is 0 Å². The third-order valence-corrected chi connectivity index (χ3v) is 8.17. The minimum absolute atomic E-state index is 0.111. The number of nitrogens with zero attached hydrogens (tertiary/aromatic N) is 3. The first-order chi connectivity index (χ1) is 15.8. The Kier molecular flexibility index (Phi) is 6.75. The Morgan fingerprint density at radius 3 is 2.48 bits per heavy atom. The summed E-state index contributed by atoms with van der Waals surface area (Å²) in [6.07, 6.45) is 0. The number of aromatic nitrogens is 1. The minimum atomic E-state index is -3.94. The lowest BCUT2D eigenvalue weighted by Crippen LogP contribution is -2.40. The van der Waals surface area contributed by atoms with Gasteiger partial charge in [-0.3, -0.25) is 10.1 Å². The summed E-state index contributed by atoms with van der Waals surface area (Å²) < 4.78 is 33.2. The van der Waals surface area contributed by atoms with E-state index in [0.29, 0.717) is 5.69 Å². The van der Waals surface area contributed by atoms with Crippen LogP contribution in [0.2, 0.25) is 0 Å². The number of aryl methyl sites for hydroxylation is 1. The summed E-state index contributed by atoms with van der Waals surface area (Å²) in [5, 5.41) is 17.5. The zero-order chi connectivity index (χ0) is 23.6. The number of anilines is 1. The molecule has 11 heteroatoms. The molecule has 9 nitrogen and oxygen atoms in total. The van der Waals surface area contributed by atoms with Crippen LogP contribution in [-0.2, 0) is 14.8 Å². The highest BCUT2D eigenvalue weighted by Crippen LogP contribution is 2.32. The van der Waals surface area contributed by atoms with E-state index >= 15 is 0 Å². The third kappa shape index (κ3) is 5.06. The average molecular weight is 489 g/mol. The maximum Gasteiger partial charge on any atom is 0.270 e. The lowest BCUT2D eigenvalue weighted by molar-refractivity contribution is -0.385. The molecule has 0 aliphatic carbocycles. The van der Waals surface area contributed by atoms with Gasteiger partial charge in [-0.1, -0.05) is 24.3 Å². The van der Waals surface area contributed by atoms with Crippen molar-refractivity contribution < 1.29 is 18.1 Å². The fourth-order valence-electron chi connectivity index (χ4n) is 3.64. The Morgan fingerprint density at radius 1 is 1.18 bits per heavy atom. The van der Waals surface area contributed by atoms with Crippen molar-refractivity contribution in [2.45, 2.75) is 24.8 Å². The van der Waals surface area contributed by atoms with Crippen molar-refractivity contribution in [1.29, 1.82) is 0 Å². The fraction of sp³-hybridized carbons (Fsp3) is 0.318. The molecular weight excluding hydrogens is 464 g/mol. The van der Waals surface area contributed by atoms with Crippen LogP contribution in [0.1, 0.15) is 23.5 Å². The Bertz CT molecular complexity index is 1250. The van der Waals surface area contributed by atoms with Crippen molar-refractivity contribution in [2.24, 2.45) is 0 Å². The Hall–Kier alpha value is -2.86. The van der Waals surface area contributed by atoms with Gasteiger partial charge < -0.3 is 10.1 Å². The van der Waals surface area contributed by atoms with Gasteiger partial charge in [0.2, 0.25) is 10.0 Å². The molecule has 33 heavy (non-hydrogen) atoms. The van der Waals surface area contributed by atoms with Crippen molar-refractivity contribution >= 4 is 32.7 Å². The number of thiazole rings is 1. The molecule has 1 fully saturated rings.